The summed E-state index contributed by atoms with van der Waals surface area (Å²) in [5, 5.41) is 6.29. The van der Waals surface area contributed by atoms with Gasteiger partial charge in [0.15, 0.2) is 0 Å². The topological polar surface area (TPSA) is 66.9 Å². The molecule has 0 spiro atoms. The van der Waals surface area contributed by atoms with Crippen LogP contribution in [0.5, 0.6) is 0 Å². The van der Waals surface area contributed by atoms with Crippen LogP contribution in [0.1, 0.15) is 16.1 Å². The summed E-state index contributed by atoms with van der Waals surface area (Å²) >= 11 is 6.06. The maximum atomic E-state index is 12.9. The lowest BCUT2D eigenvalue weighted by Crippen LogP contribution is -2.14. The summed E-state index contributed by atoms with van der Waals surface area (Å²) in [7, 11) is 0. The number of amides is 1. The smallest absolute Gasteiger partial charge is 0.274 e. The summed E-state index contributed by atoms with van der Waals surface area (Å²) in [6.45, 7) is 1.88. The Morgan fingerprint density at radius 3 is 2.48 bits per heavy atom. The van der Waals surface area contributed by atoms with E-state index in [1.54, 1.807) is 24.3 Å². The van der Waals surface area contributed by atoms with E-state index in [0.717, 1.165) is 5.56 Å². The normalized spacial score (nSPS) is 10.4. The van der Waals surface area contributed by atoms with Gasteiger partial charge in [-0.05, 0) is 48.9 Å². The van der Waals surface area contributed by atoms with E-state index in [1.165, 1.54) is 24.5 Å². The zero-order valence-electron chi connectivity index (χ0n) is 13.3. The molecule has 3 aromatic rings. The zero-order chi connectivity index (χ0) is 17.8. The first-order valence-electron chi connectivity index (χ1n) is 7.43. The summed E-state index contributed by atoms with van der Waals surface area (Å²) in [4.78, 5) is 20.4. The minimum Gasteiger partial charge on any atom is -0.340 e. The molecule has 126 valence electrons. The fraction of sp³-hybridized carbons (Fsp3) is 0.0556. The summed E-state index contributed by atoms with van der Waals surface area (Å²) in [6, 6.07) is 12.6. The minimum atomic E-state index is -0.385. The second-order valence-corrected chi connectivity index (χ2v) is 5.75. The van der Waals surface area contributed by atoms with Crippen LogP contribution >= 0.6 is 11.6 Å². The van der Waals surface area contributed by atoms with Crippen LogP contribution in [-0.4, -0.2) is 15.9 Å². The van der Waals surface area contributed by atoms with Gasteiger partial charge in [0.2, 0.25) is 0 Å². The molecule has 1 aromatic heterocycles. The van der Waals surface area contributed by atoms with E-state index in [2.05, 4.69) is 20.6 Å². The predicted octanol–water partition coefficient (Wildman–Crippen LogP) is 4.57. The van der Waals surface area contributed by atoms with E-state index in [0.29, 0.717) is 22.2 Å². The van der Waals surface area contributed by atoms with Gasteiger partial charge in [0, 0.05) is 22.5 Å². The largest absolute Gasteiger partial charge is 0.340 e. The second-order valence-electron chi connectivity index (χ2n) is 5.34. The van der Waals surface area contributed by atoms with Crippen molar-refractivity contribution in [3.63, 3.8) is 0 Å². The molecule has 2 N–H and O–H groups in total. The number of hydrogen-bond acceptors (Lipinski definition) is 4. The fourth-order valence-electron chi connectivity index (χ4n) is 2.10. The number of aromatic nitrogens is 2. The van der Waals surface area contributed by atoms with Crippen LogP contribution in [0.15, 0.2) is 54.9 Å². The third-order valence-electron chi connectivity index (χ3n) is 3.45. The third-order valence-corrected chi connectivity index (χ3v) is 3.85. The molecule has 3 rings (SSSR count). The van der Waals surface area contributed by atoms with Gasteiger partial charge >= 0.3 is 0 Å². The van der Waals surface area contributed by atoms with E-state index in [9.17, 15) is 9.18 Å². The van der Waals surface area contributed by atoms with Gasteiger partial charge in [0.25, 0.3) is 5.91 Å². The van der Waals surface area contributed by atoms with E-state index in [-0.39, 0.29) is 17.4 Å². The summed E-state index contributed by atoms with van der Waals surface area (Å²) < 4.78 is 12.9. The van der Waals surface area contributed by atoms with E-state index < -0.39 is 0 Å². The van der Waals surface area contributed by atoms with Gasteiger partial charge in [0.1, 0.15) is 23.7 Å². The molecule has 1 amide bonds. The molecular formula is C18H14ClFN4O. The highest BCUT2D eigenvalue weighted by molar-refractivity contribution is 6.31. The maximum Gasteiger partial charge on any atom is 0.274 e. The first kappa shape index (κ1) is 16.9. The number of benzene rings is 2. The quantitative estimate of drug-likeness (QED) is 0.718. The molecule has 2 aromatic carbocycles. The SMILES string of the molecule is Cc1ccc(NC(=O)c2cc(Nc3ccc(F)cc3)ncn2)cc1Cl. The highest BCUT2D eigenvalue weighted by atomic mass is 35.5. The number of hydrogen-bond donors (Lipinski definition) is 2. The van der Waals surface area contributed by atoms with Crippen molar-refractivity contribution in [2.24, 2.45) is 0 Å². The monoisotopic (exact) mass is 356 g/mol. The van der Waals surface area contributed by atoms with Gasteiger partial charge in [-0.1, -0.05) is 17.7 Å². The summed E-state index contributed by atoms with van der Waals surface area (Å²) in [5.41, 5.74) is 2.34. The molecule has 25 heavy (non-hydrogen) atoms. The van der Waals surface area contributed by atoms with Crippen molar-refractivity contribution in [1.29, 1.82) is 0 Å². The lowest BCUT2D eigenvalue weighted by atomic mass is 10.2. The number of anilines is 3. The molecule has 1 heterocycles. The van der Waals surface area contributed by atoms with Crippen LogP contribution < -0.4 is 10.6 Å². The lowest BCUT2D eigenvalue weighted by Gasteiger charge is -2.08. The minimum absolute atomic E-state index is 0.191. The molecule has 0 bridgehead atoms. The highest BCUT2D eigenvalue weighted by Gasteiger charge is 2.10. The average molecular weight is 357 g/mol. The van der Waals surface area contributed by atoms with Crippen molar-refractivity contribution in [2.75, 3.05) is 10.6 Å². The van der Waals surface area contributed by atoms with Gasteiger partial charge < -0.3 is 10.6 Å². The number of carbonyl (C=O) groups excluding carboxylic acids is 1. The van der Waals surface area contributed by atoms with Crippen molar-refractivity contribution in [1.82, 2.24) is 9.97 Å². The first-order valence-corrected chi connectivity index (χ1v) is 7.81. The molecule has 5 nitrogen and oxygen atoms in total. The van der Waals surface area contributed by atoms with Gasteiger partial charge in [-0.25, -0.2) is 14.4 Å². The Bertz CT molecular complexity index is 915. The van der Waals surface area contributed by atoms with Gasteiger partial charge in [-0.3, -0.25) is 4.79 Å². The number of aryl methyl sites for hydroxylation is 1. The molecule has 0 saturated heterocycles. The molecule has 0 aliphatic heterocycles. The standard InChI is InChI=1S/C18H14ClFN4O/c1-11-2-5-14(8-15(11)19)24-18(25)16-9-17(22-10-21-16)23-13-6-3-12(20)4-7-13/h2-10H,1H3,(H,24,25)(H,21,22,23). The van der Waals surface area contributed by atoms with Crippen molar-refractivity contribution >= 4 is 34.7 Å². The third kappa shape index (κ3) is 4.30. The van der Waals surface area contributed by atoms with Crippen LogP contribution in [0.4, 0.5) is 21.6 Å². The summed E-state index contributed by atoms with van der Waals surface area (Å²) in [6.07, 6.45) is 1.28. The predicted molar refractivity (Wildman–Crippen MR) is 95.9 cm³/mol. The van der Waals surface area contributed by atoms with Crippen molar-refractivity contribution in [3.05, 3.63) is 77.0 Å². The van der Waals surface area contributed by atoms with Crippen molar-refractivity contribution < 1.29 is 9.18 Å². The fourth-order valence-corrected chi connectivity index (χ4v) is 2.28. The maximum absolute atomic E-state index is 12.9. The molecule has 7 heteroatoms. The van der Waals surface area contributed by atoms with E-state index in [1.807, 2.05) is 13.0 Å². The average Bonchev–Trinajstić information content (AvgIpc) is 2.60. The molecule has 0 fully saturated rings. The molecular weight excluding hydrogens is 343 g/mol. The Balaban J connectivity index is 1.74. The Morgan fingerprint density at radius 2 is 1.76 bits per heavy atom. The lowest BCUT2D eigenvalue weighted by molar-refractivity contribution is 0.102. The number of halogens is 2. The molecule has 0 unspecified atom stereocenters. The summed E-state index contributed by atoms with van der Waals surface area (Å²) in [5.74, 6) is -0.289. The number of carbonyl (C=O) groups is 1. The van der Waals surface area contributed by atoms with Crippen LogP contribution in [0.2, 0.25) is 5.02 Å². The van der Waals surface area contributed by atoms with E-state index in [4.69, 9.17) is 11.6 Å². The molecule has 0 radical (unpaired) electrons. The molecule has 0 saturated carbocycles. The van der Waals surface area contributed by atoms with Gasteiger partial charge in [-0.2, -0.15) is 0 Å². The van der Waals surface area contributed by atoms with Crippen molar-refractivity contribution in [3.8, 4) is 0 Å². The second kappa shape index (κ2) is 7.27. The van der Waals surface area contributed by atoms with Gasteiger partial charge in [0.05, 0.1) is 0 Å². The molecule has 0 aliphatic rings. The Labute approximate surface area is 148 Å². The Hall–Kier alpha value is -2.99. The Morgan fingerprint density at radius 1 is 1.04 bits per heavy atom. The molecule has 0 atom stereocenters. The highest BCUT2D eigenvalue weighted by Crippen LogP contribution is 2.21. The van der Waals surface area contributed by atoms with Crippen molar-refractivity contribution in [2.45, 2.75) is 6.92 Å². The van der Waals surface area contributed by atoms with E-state index >= 15 is 0 Å². The number of nitrogens with zero attached hydrogens (tertiary/aromatic N) is 2. The van der Waals surface area contributed by atoms with Gasteiger partial charge in [-0.15, -0.1) is 0 Å². The Kier molecular flexibility index (Phi) is 4.90. The number of rotatable bonds is 4. The molecule has 0 aliphatic carbocycles. The van der Waals surface area contributed by atoms with Crippen LogP contribution in [-0.2, 0) is 0 Å². The first-order chi connectivity index (χ1) is 12.0. The van der Waals surface area contributed by atoms with Crippen LogP contribution in [0.3, 0.4) is 0 Å². The van der Waals surface area contributed by atoms with Crippen LogP contribution in [0, 0.1) is 12.7 Å². The zero-order valence-corrected chi connectivity index (χ0v) is 14.0. The number of nitrogens with one attached hydrogen (secondary N) is 2. The van der Waals surface area contributed by atoms with Crippen LogP contribution in [0.25, 0.3) is 0 Å².